The third-order valence-electron chi connectivity index (χ3n) is 13.2. The molecule has 0 rings (SSSR count). The third-order valence-corrected chi connectivity index (χ3v) is 15.1. The molecule has 0 saturated carbocycles. The summed E-state index contributed by atoms with van der Waals surface area (Å²) in [5.74, 6) is -0.701. The maximum absolute atomic E-state index is 12.9. The van der Waals surface area contributed by atoms with Crippen LogP contribution in [-0.4, -0.2) is 96.7 Å². The number of unbranched alkanes of at least 4 members (excludes halogenated alkanes) is 27. The Morgan fingerprint density at radius 3 is 0.883 bits per heavy atom. The summed E-state index contributed by atoms with van der Waals surface area (Å²) >= 11 is 0. The fourth-order valence-corrected chi connectivity index (χ4v) is 10.0. The Morgan fingerprint density at radius 1 is 0.351 bits per heavy atom. The van der Waals surface area contributed by atoms with Gasteiger partial charge in [0.2, 0.25) is 0 Å². The first-order chi connectivity index (χ1) is 36.9. The Kier molecular flexibility index (Phi) is 49.7. The molecule has 0 aromatic heterocycles. The van der Waals surface area contributed by atoms with Crippen LogP contribution in [0.3, 0.4) is 0 Å². The Bertz CT molecular complexity index is 1530. The van der Waals surface area contributed by atoms with Gasteiger partial charge in [-0.25, -0.2) is 9.13 Å². The quantitative estimate of drug-likeness (QED) is 0.0222. The van der Waals surface area contributed by atoms with E-state index in [0.29, 0.717) is 31.6 Å². The van der Waals surface area contributed by atoms with Crippen molar-refractivity contribution in [3.63, 3.8) is 0 Å². The van der Waals surface area contributed by atoms with Crippen LogP contribution in [0, 0.1) is 11.8 Å². The maximum Gasteiger partial charge on any atom is 0.472 e. The zero-order valence-electron chi connectivity index (χ0n) is 49.2. The zero-order valence-corrected chi connectivity index (χ0v) is 51.0. The molecule has 0 fully saturated rings. The number of carbonyl (C=O) groups is 4. The molecule has 0 radical (unpaired) electrons. The monoisotopic (exact) mass is 1140 g/mol. The molecule has 5 atom stereocenters. The minimum absolute atomic E-state index is 0.103. The van der Waals surface area contributed by atoms with E-state index in [1.54, 1.807) is 0 Å². The minimum atomic E-state index is -4.94. The third kappa shape index (κ3) is 53.2. The SMILES string of the molecule is CCCCCCCCCCC(=O)O[C@H](COC(=O)CCCCCCC)COP(=O)(O)OC[C@H](O)COP(=O)(O)OC[C@@H](COC(=O)CCCCCCCCC(C)C)OC(=O)CCCCCCCCCCCCCCC(C)C. The van der Waals surface area contributed by atoms with E-state index < -0.39 is 97.5 Å². The summed E-state index contributed by atoms with van der Waals surface area (Å²) in [5.41, 5.74) is 0. The summed E-state index contributed by atoms with van der Waals surface area (Å²) in [5, 5.41) is 10.5. The van der Waals surface area contributed by atoms with Gasteiger partial charge in [0.05, 0.1) is 26.4 Å². The highest BCUT2D eigenvalue weighted by Crippen LogP contribution is 2.45. The Hall–Kier alpha value is -1.94. The van der Waals surface area contributed by atoms with Gasteiger partial charge in [-0.2, -0.15) is 0 Å². The van der Waals surface area contributed by atoms with Crippen molar-refractivity contribution >= 4 is 39.5 Å². The second-order valence-corrected chi connectivity index (χ2v) is 24.9. The molecule has 3 N–H and O–H groups in total. The number of aliphatic hydroxyl groups excluding tert-OH is 1. The number of carbonyl (C=O) groups excluding carboxylic acids is 4. The second kappa shape index (κ2) is 51.0. The van der Waals surface area contributed by atoms with Gasteiger partial charge in [0, 0.05) is 25.7 Å². The van der Waals surface area contributed by atoms with Gasteiger partial charge in [-0.1, -0.05) is 228 Å². The molecule has 0 bridgehead atoms. The highest BCUT2D eigenvalue weighted by atomic mass is 31.2. The van der Waals surface area contributed by atoms with Gasteiger partial charge in [0.1, 0.15) is 19.3 Å². The molecule has 0 heterocycles. The van der Waals surface area contributed by atoms with Gasteiger partial charge in [0.15, 0.2) is 12.2 Å². The lowest BCUT2D eigenvalue weighted by Crippen LogP contribution is -2.30. The fourth-order valence-electron chi connectivity index (χ4n) is 8.47. The molecule has 0 aliphatic heterocycles. The largest absolute Gasteiger partial charge is 0.472 e. The molecule has 0 aromatic rings. The number of phosphoric acid groups is 2. The van der Waals surface area contributed by atoms with Crippen molar-refractivity contribution in [1.82, 2.24) is 0 Å². The summed E-state index contributed by atoms with van der Waals surface area (Å²) in [6.45, 7) is 9.26. The normalized spacial score (nSPS) is 14.5. The van der Waals surface area contributed by atoms with Crippen LogP contribution in [0.4, 0.5) is 0 Å². The number of ether oxygens (including phenoxy) is 4. The first kappa shape index (κ1) is 75.1. The molecule has 0 aliphatic rings. The zero-order chi connectivity index (χ0) is 57.3. The topological polar surface area (TPSA) is 237 Å². The molecule has 456 valence electrons. The van der Waals surface area contributed by atoms with Crippen LogP contribution < -0.4 is 0 Å². The van der Waals surface area contributed by atoms with Crippen molar-refractivity contribution in [3.8, 4) is 0 Å². The van der Waals surface area contributed by atoms with E-state index in [1.165, 1.54) is 77.0 Å². The molecule has 0 amide bonds. The van der Waals surface area contributed by atoms with Gasteiger partial charge in [-0.3, -0.25) is 37.3 Å². The van der Waals surface area contributed by atoms with Crippen LogP contribution in [0.15, 0.2) is 0 Å². The van der Waals surface area contributed by atoms with Crippen molar-refractivity contribution in [2.75, 3.05) is 39.6 Å². The summed E-state index contributed by atoms with van der Waals surface area (Å²) < 4.78 is 67.4. The number of aliphatic hydroxyl groups is 1. The summed E-state index contributed by atoms with van der Waals surface area (Å²) in [7, 11) is -9.86. The van der Waals surface area contributed by atoms with E-state index in [0.717, 1.165) is 115 Å². The lowest BCUT2D eigenvalue weighted by atomic mass is 10.0. The first-order valence-electron chi connectivity index (χ1n) is 30.5. The second-order valence-electron chi connectivity index (χ2n) is 22.0. The average Bonchev–Trinajstić information content (AvgIpc) is 3.38. The smallest absolute Gasteiger partial charge is 0.462 e. The molecular weight excluding hydrogens is 1030 g/mol. The number of esters is 4. The molecule has 0 aromatic carbocycles. The Labute approximate surface area is 467 Å². The van der Waals surface area contributed by atoms with Gasteiger partial charge in [-0.15, -0.1) is 0 Å². The van der Waals surface area contributed by atoms with Gasteiger partial charge >= 0.3 is 39.5 Å². The molecule has 0 spiro atoms. The van der Waals surface area contributed by atoms with E-state index in [9.17, 15) is 43.2 Å². The molecule has 0 aliphatic carbocycles. The number of phosphoric ester groups is 2. The Morgan fingerprint density at radius 2 is 0.597 bits per heavy atom. The molecule has 19 heteroatoms. The molecular formula is C58H112O17P2. The van der Waals surface area contributed by atoms with E-state index in [-0.39, 0.29) is 25.7 Å². The predicted molar refractivity (Wildman–Crippen MR) is 303 cm³/mol. The van der Waals surface area contributed by atoms with Gasteiger partial charge < -0.3 is 33.8 Å². The number of hydrogen-bond donors (Lipinski definition) is 3. The Balaban J connectivity index is 5.15. The van der Waals surface area contributed by atoms with E-state index >= 15 is 0 Å². The molecule has 17 nitrogen and oxygen atoms in total. The van der Waals surface area contributed by atoms with Gasteiger partial charge in [-0.05, 0) is 37.5 Å². The van der Waals surface area contributed by atoms with Crippen LogP contribution >= 0.6 is 15.6 Å². The van der Waals surface area contributed by atoms with Crippen LogP contribution in [0.25, 0.3) is 0 Å². The van der Waals surface area contributed by atoms with E-state index in [4.69, 9.17) is 37.0 Å². The van der Waals surface area contributed by atoms with E-state index in [1.807, 2.05) is 0 Å². The lowest BCUT2D eigenvalue weighted by Gasteiger charge is -2.21. The highest BCUT2D eigenvalue weighted by Gasteiger charge is 2.30. The van der Waals surface area contributed by atoms with E-state index in [2.05, 4.69) is 41.5 Å². The molecule has 77 heavy (non-hydrogen) atoms. The van der Waals surface area contributed by atoms with Crippen molar-refractivity contribution in [2.45, 2.75) is 297 Å². The van der Waals surface area contributed by atoms with Crippen LogP contribution in [-0.2, 0) is 65.4 Å². The van der Waals surface area contributed by atoms with Crippen molar-refractivity contribution in [1.29, 1.82) is 0 Å². The summed E-state index contributed by atoms with van der Waals surface area (Å²) in [6, 6.07) is 0. The predicted octanol–water partition coefficient (Wildman–Crippen LogP) is 15.3. The average molecular weight is 1140 g/mol. The summed E-state index contributed by atoms with van der Waals surface area (Å²) in [6.07, 6.45) is 31.3. The van der Waals surface area contributed by atoms with Crippen molar-refractivity contribution in [2.24, 2.45) is 11.8 Å². The maximum atomic E-state index is 12.9. The van der Waals surface area contributed by atoms with Gasteiger partial charge in [0.25, 0.3) is 0 Å². The molecule has 2 unspecified atom stereocenters. The minimum Gasteiger partial charge on any atom is -0.462 e. The van der Waals surface area contributed by atoms with Crippen LogP contribution in [0.5, 0.6) is 0 Å². The van der Waals surface area contributed by atoms with Crippen LogP contribution in [0.2, 0.25) is 0 Å². The first-order valence-corrected chi connectivity index (χ1v) is 33.5. The molecule has 0 saturated heterocycles. The summed E-state index contributed by atoms with van der Waals surface area (Å²) in [4.78, 5) is 71.6. The van der Waals surface area contributed by atoms with Crippen molar-refractivity contribution in [3.05, 3.63) is 0 Å². The number of hydrogen-bond acceptors (Lipinski definition) is 15. The van der Waals surface area contributed by atoms with Crippen LogP contribution in [0.1, 0.15) is 279 Å². The fraction of sp³-hybridized carbons (Fsp3) is 0.931. The highest BCUT2D eigenvalue weighted by molar-refractivity contribution is 7.47. The van der Waals surface area contributed by atoms with Crippen molar-refractivity contribution < 1.29 is 80.2 Å². The standard InChI is InChI=1S/C58H112O17P2/c1-7-9-11-13-14-22-30-36-42-57(62)74-53(46-68-55(60)40-34-26-12-10-8-2)48-72-76(64,65)70-44-52(59)45-71-77(66,67)73-49-54(47-69-56(61)41-35-29-25-24-28-33-39-51(5)6)75-58(63)43-37-31-23-20-18-16-15-17-19-21-27-32-38-50(3)4/h50-54,59H,7-49H2,1-6H3,(H,64,65)(H,66,67)/t52-,53+,54+/m0/s1. The lowest BCUT2D eigenvalue weighted by molar-refractivity contribution is -0.161. The number of rotatable bonds is 57.